The number of esters is 8. The van der Waals surface area contributed by atoms with Crippen LogP contribution >= 0.6 is 0 Å². The molecule has 1 N–H and O–H groups in total. The lowest BCUT2D eigenvalue weighted by Gasteiger charge is -2.46. The highest BCUT2D eigenvalue weighted by atomic mass is 16.8. The summed E-state index contributed by atoms with van der Waals surface area (Å²) in [6.07, 6.45) is -15.8. The lowest BCUT2D eigenvalue weighted by atomic mass is 9.97. The predicted octanol–water partition coefficient (Wildman–Crippen LogP) is 0.857. The molecule has 0 radical (unpaired) electrons. The summed E-state index contributed by atoms with van der Waals surface area (Å²) in [4.78, 5) is 113. The Balaban J connectivity index is 2.83. The molecular weight excluding hydrogens is 828 g/mol. The number of rotatable bonds is 19. The van der Waals surface area contributed by atoms with Crippen molar-refractivity contribution in [3.63, 3.8) is 0 Å². The molecule has 0 unspecified atom stereocenters. The summed E-state index contributed by atoms with van der Waals surface area (Å²) in [5, 5.41) is 15.0. The standard InChI is InChI=1S/C40H54N2O20/c1-20(43)53-18-30(55-22(3)45)33(62-39-37(60-27(8)50)35(58-25(6)48)32(56-23(4)46)31(61-39)19-54-21(2)44)34(57-24(5)47)36(59-26(7)49)38(51)41-16-28-12-14-29(15-13-28)17-42(52)40(9,10)11/h12-15,17,30-37,39H,16,18-19H2,1-11H3,(H,41,51)/t30-,31-,32+,33-,34+,35+,36-,37-,39+/m1/s1. The molecule has 0 spiro atoms. The Labute approximate surface area is 357 Å². The number of hydroxylamine groups is 1. The van der Waals surface area contributed by atoms with Crippen molar-refractivity contribution in [2.75, 3.05) is 13.2 Å². The summed E-state index contributed by atoms with van der Waals surface area (Å²) in [7, 11) is 0. The largest absolute Gasteiger partial charge is 0.623 e. The van der Waals surface area contributed by atoms with Gasteiger partial charge in [0.15, 0.2) is 48.6 Å². The summed E-state index contributed by atoms with van der Waals surface area (Å²) in [5.74, 6) is -9.03. The van der Waals surface area contributed by atoms with Gasteiger partial charge in [-0.2, -0.15) is 0 Å². The van der Waals surface area contributed by atoms with Crippen molar-refractivity contribution in [3.8, 4) is 0 Å². The molecule has 0 saturated carbocycles. The zero-order valence-electron chi connectivity index (χ0n) is 36.3. The van der Waals surface area contributed by atoms with Crippen LogP contribution in [0, 0.1) is 5.21 Å². The fraction of sp³-hybridized carbons (Fsp3) is 0.600. The molecule has 1 fully saturated rings. The van der Waals surface area contributed by atoms with Crippen LogP contribution in [-0.4, -0.2) is 138 Å². The molecule has 1 amide bonds. The SMILES string of the molecule is CC(=O)OC[C@H]1O[C@@H](O[C@@H]([C@H](OC(C)=O)[C@@H](OC(C)=O)C(=O)NCc2ccc(C=[N+]([O-])C(C)(C)C)cc2)[C@@H](COC(C)=O)OC(C)=O)[C@H](OC(C)=O)[C@@H](OC(C)=O)[C@H]1OC(C)=O. The summed E-state index contributed by atoms with van der Waals surface area (Å²) in [6.45, 7) is 11.2. The lowest BCUT2D eigenvalue weighted by molar-refractivity contribution is -0.530. The van der Waals surface area contributed by atoms with Crippen LogP contribution in [0.2, 0.25) is 0 Å². The van der Waals surface area contributed by atoms with E-state index in [-0.39, 0.29) is 6.54 Å². The molecule has 0 aromatic heterocycles. The van der Waals surface area contributed by atoms with E-state index >= 15 is 0 Å². The molecule has 1 aliphatic heterocycles. The smallest absolute Gasteiger partial charge is 0.303 e. The zero-order chi connectivity index (χ0) is 47.1. The molecule has 1 aromatic carbocycles. The zero-order valence-corrected chi connectivity index (χ0v) is 36.3. The Morgan fingerprint density at radius 1 is 0.677 bits per heavy atom. The summed E-state index contributed by atoms with van der Waals surface area (Å²) in [6, 6.07) is 6.41. The van der Waals surface area contributed by atoms with Crippen molar-refractivity contribution in [2.24, 2.45) is 0 Å². The van der Waals surface area contributed by atoms with Gasteiger partial charge in [0, 0.05) is 88.3 Å². The molecule has 22 heteroatoms. The van der Waals surface area contributed by atoms with Crippen LogP contribution in [0.1, 0.15) is 87.3 Å². The van der Waals surface area contributed by atoms with E-state index in [1.54, 1.807) is 45.0 Å². The third kappa shape index (κ3) is 17.4. The van der Waals surface area contributed by atoms with E-state index in [2.05, 4.69) is 5.32 Å². The minimum atomic E-state index is -2.16. The van der Waals surface area contributed by atoms with Crippen molar-refractivity contribution in [2.45, 2.75) is 143 Å². The summed E-state index contributed by atoms with van der Waals surface area (Å²) < 4.78 is 56.1. The first-order valence-corrected chi connectivity index (χ1v) is 19.1. The first-order valence-electron chi connectivity index (χ1n) is 19.1. The number of benzene rings is 1. The van der Waals surface area contributed by atoms with Gasteiger partial charge < -0.3 is 57.9 Å². The van der Waals surface area contributed by atoms with Crippen molar-refractivity contribution in [1.29, 1.82) is 0 Å². The number of carbonyl (C=O) groups is 9. The highest BCUT2D eigenvalue weighted by molar-refractivity contribution is 5.84. The number of carbonyl (C=O) groups excluding carboxylic acids is 9. The predicted molar refractivity (Wildman–Crippen MR) is 207 cm³/mol. The Morgan fingerprint density at radius 2 is 1.19 bits per heavy atom. The summed E-state index contributed by atoms with van der Waals surface area (Å²) >= 11 is 0. The summed E-state index contributed by atoms with van der Waals surface area (Å²) in [5.41, 5.74) is 0.328. The van der Waals surface area contributed by atoms with Gasteiger partial charge in [0.25, 0.3) is 5.91 Å². The van der Waals surface area contributed by atoms with Gasteiger partial charge in [0.1, 0.15) is 25.4 Å². The average molecular weight is 883 g/mol. The van der Waals surface area contributed by atoms with E-state index in [1.165, 1.54) is 6.21 Å². The van der Waals surface area contributed by atoms with E-state index in [0.717, 1.165) is 60.1 Å². The Bertz CT molecular complexity index is 1820. The van der Waals surface area contributed by atoms with Crippen molar-refractivity contribution >= 4 is 59.9 Å². The van der Waals surface area contributed by atoms with Crippen molar-refractivity contribution in [1.82, 2.24) is 5.32 Å². The van der Waals surface area contributed by atoms with Gasteiger partial charge in [-0.05, 0) is 17.7 Å². The van der Waals surface area contributed by atoms with E-state index in [0.29, 0.717) is 11.1 Å². The minimum Gasteiger partial charge on any atom is -0.623 e. The van der Waals surface area contributed by atoms with Crippen LogP contribution in [0.5, 0.6) is 0 Å². The highest BCUT2D eigenvalue weighted by Gasteiger charge is 2.56. The molecule has 1 aliphatic rings. The second-order valence-corrected chi connectivity index (χ2v) is 14.8. The number of nitrogens with one attached hydrogen (secondary N) is 1. The molecular formula is C40H54N2O20. The molecule has 2 rings (SSSR count). The van der Waals surface area contributed by atoms with Crippen LogP contribution in [-0.2, 0) is 97.1 Å². The van der Waals surface area contributed by atoms with E-state index in [9.17, 15) is 48.4 Å². The average Bonchev–Trinajstić information content (AvgIpc) is 3.13. The topological polar surface area (TPSA) is 284 Å². The van der Waals surface area contributed by atoms with Gasteiger partial charge in [-0.15, -0.1) is 0 Å². The van der Waals surface area contributed by atoms with Crippen LogP contribution in [0.15, 0.2) is 24.3 Å². The molecule has 22 nitrogen and oxygen atoms in total. The van der Waals surface area contributed by atoms with Gasteiger partial charge in [0.2, 0.25) is 6.10 Å². The van der Waals surface area contributed by atoms with Gasteiger partial charge in [-0.25, -0.2) is 4.74 Å². The monoisotopic (exact) mass is 882 g/mol. The van der Waals surface area contributed by atoms with Crippen LogP contribution in [0.25, 0.3) is 0 Å². The molecule has 9 atom stereocenters. The molecule has 344 valence electrons. The number of nitrogens with zero attached hydrogens (tertiary/aromatic N) is 1. The third-order valence-corrected chi connectivity index (χ3v) is 8.22. The molecule has 1 aromatic rings. The highest BCUT2D eigenvalue weighted by Crippen LogP contribution is 2.33. The van der Waals surface area contributed by atoms with Gasteiger partial charge in [-0.1, -0.05) is 12.1 Å². The Hall–Kier alpha value is -6.16. The molecule has 1 heterocycles. The molecule has 0 aliphatic carbocycles. The third-order valence-electron chi connectivity index (χ3n) is 8.22. The lowest BCUT2D eigenvalue weighted by Crippen LogP contribution is -2.65. The van der Waals surface area contributed by atoms with E-state index < -0.39 is 128 Å². The molecule has 0 bridgehead atoms. The van der Waals surface area contributed by atoms with Crippen LogP contribution in [0.4, 0.5) is 0 Å². The normalized spacial score (nSPS) is 20.7. The quantitative estimate of drug-likeness (QED) is 0.0503. The van der Waals surface area contributed by atoms with Crippen molar-refractivity contribution in [3.05, 3.63) is 40.6 Å². The van der Waals surface area contributed by atoms with Crippen LogP contribution in [0.3, 0.4) is 0 Å². The second-order valence-electron chi connectivity index (χ2n) is 14.8. The number of hydrogen-bond acceptors (Lipinski definition) is 20. The minimum absolute atomic E-state index is 0.226. The number of hydrogen-bond donors (Lipinski definition) is 1. The van der Waals surface area contributed by atoms with E-state index in [1.807, 2.05) is 0 Å². The van der Waals surface area contributed by atoms with Crippen LogP contribution < -0.4 is 5.32 Å². The maximum Gasteiger partial charge on any atom is 0.303 e. The molecule has 1 saturated heterocycles. The second kappa shape index (κ2) is 23.7. The maximum absolute atomic E-state index is 14.1. The Kier molecular flexibility index (Phi) is 19.9. The molecule has 62 heavy (non-hydrogen) atoms. The van der Waals surface area contributed by atoms with Gasteiger partial charge >= 0.3 is 47.8 Å². The fourth-order valence-corrected chi connectivity index (χ4v) is 5.72. The van der Waals surface area contributed by atoms with Gasteiger partial charge in [0.05, 0.1) is 0 Å². The first-order chi connectivity index (χ1) is 28.8. The van der Waals surface area contributed by atoms with Crippen molar-refractivity contribution < 1.29 is 95.3 Å². The number of ether oxygens (including phenoxy) is 10. The van der Waals surface area contributed by atoms with Gasteiger partial charge in [-0.3, -0.25) is 43.2 Å². The Morgan fingerprint density at radius 3 is 1.68 bits per heavy atom. The van der Waals surface area contributed by atoms with E-state index in [4.69, 9.17) is 47.4 Å². The maximum atomic E-state index is 14.1. The number of amides is 1. The fourth-order valence-electron chi connectivity index (χ4n) is 5.72. The first kappa shape index (κ1) is 52.0.